The average molecular weight is 429 g/mol. The monoisotopic (exact) mass is 430 g/mol. The molecule has 0 amide bonds. The van der Waals surface area contributed by atoms with Crippen molar-refractivity contribution < 1.29 is 97.2 Å². The number of rotatable bonds is 0. The molecule has 0 bridgehead atoms. The molecular weight excluding hydrogens is 418 g/mol. The maximum absolute atomic E-state index is 8.36. The SMILES string of the molecule is O.O.O.O.O.O=[N+]([O-])O.O=[N+]([O-])[O-].O=[N+]([O-])[O-].[Eu]. The van der Waals surface area contributed by atoms with Crippen molar-refractivity contribution in [2.24, 2.45) is 0 Å². The molecular formula is H11EuN3O14-2. The third-order valence-electron chi connectivity index (χ3n) is 0. The number of hydrogen-bond acceptors (Lipinski definition) is 8. The van der Waals surface area contributed by atoms with Gasteiger partial charge in [0.2, 0.25) is 0 Å². The Bertz CT molecular complexity index is 115. The molecule has 0 saturated carbocycles. The molecule has 0 aliphatic carbocycles. The van der Waals surface area contributed by atoms with Gasteiger partial charge in [-0.3, -0.25) is 0 Å². The van der Waals surface area contributed by atoms with Crippen molar-refractivity contribution in [1.29, 1.82) is 0 Å². The van der Waals surface area contributed by atoms with E-state index in [-0.39, 0.29) is 76.8 Å². The third kappa shape index (κ3) is 2840. The molecule has 0 aliphatic heterocycles. The molecule has 0 rings (SSSR count). The van der Waals surface area contributed by atoms with Gasteiger partial charge in [-0.2, -0.15) is 0 Å². The molecule has 0 saturated heterocycles. The summed E-state index contributed by atoms with van der Waals surface area (Å²) < 4.78 is 0. The van der Waals surface area contributed by atoms with E-state index in [1.807, 2.05) is 0 Å². The maximum atomic E-state index is 8.36. The van der Waals surface area contributed by atoms with Crippen LogP contribution in [0.1, 0.15) is 0 Å². The van der Waals surface area contributed by atoms with Crippen molar-refractivity contribution in [2.45, 2.75) is 0 Å². The molecule has 18 heteroatoms. The van der Waals surface area contributed by atoms with E-state index in [1.165, 1.54) is 0 Å². The van der Waals surface area contributed by atoms with Crippen molar-refractivity contribution in [3.8, 4) is 0 Å². The second-order valence-electron chi connectivity index (χ2n) is 0.685. The zero-order chi connectivity index (χ0) is 10.7. The van der Waals surface area contributed by atoms with Gasteiger partial charge in [-0.05, 0) is 0 Å². The largest absolute Gasteiger partial charge is 0.412 e. The maximum Gasteiger partial charge on any atom is 0.291 e. The second kappa shape index (κ2) is 56.3. The Morgan fingerprint density at radius 3 is 0.611 bits per heavy atom. The van der Waals surface area contributed by atoms with E-state index in [1.54, 1.807) is 0 Å². The van der Waals surface area contributed by atoms with Crippen LogP contribution in [0.5, 0.6) is 0 Å². The zero-order valence-corrected chi connectivity index (χ0v) is 10.4. The van der Waals surface area contributed by atoms with E-state index in [0.29, 0.717) is 0 Å². The number of hydrogen-bond donors (Lipinski definition) is 1. The summed E-state index contributed by atoms with van der Waals surface area (Å²) in [5, 5.41) is 43.1. The first kappa shape index (κ1) is 68.1. The standard InChI is InChI=1S/Eu.HNO3.2NO3.5H2O/c;3*2-1(3)4;;;;;/h;(H,2,3,4);;;5*1H2/q;;2*-1;;;;;. The molecule has 119 valence electrons. The molecule has 0 aromatic rings. The quantitative estimate of drug-likeness (QED) is 0.284. The topological polar surface area (TPSA) is 353 Å². The molecule has 0 aromatic carbocycles. The van der Waals surface area contributed by atoms with Crippen LogP contribution in [0.25, 0.3) is 0 Å². The summed E-state index contributed by atoms with van der Waals surface area (Å²) in [4.78, 5) is 24.9. The van der Waals surface area contributed by atoms with Gasteiger partial charge in [0.05, 0.1) is 10.2 Å². The van der Waals surface area contributed by atoms with Gasteiger partial charge in [0.25, 0.3) is 5.09 Å². The zero-order valence-electron chi connectivity index (χ0n) is 7.93. The van der Waals surface area contributed by atoms with Crippen molar-refractivity contribution >= 4 is 0 Å². The first-order valence-electron chi connectivity index (χ1n) is 1.66. The molecule has 0 aromatic heterocycles. The van der Waals surface area contributed by atoms with Crippen LogP contribution in [-0.2, 0) is 0 Å². The van der Waals surface area contributed by atoms with Gasteiger partial charge in [-0.25, -0.2) is 0 Å². The predicted octanol–water partition coefficient (Wildman–Crippen LogP) is -4.95. The van der Waals surface area contributed by atoms with Crippen LogP contribution in [0.2, 0.25) is 0 Å². The summed E-state index contributed by atoms with van der Waals surface area (Å²) in [5.41, 5.74) is 0. The minimum atomic E-state index is -1.75. The van der Waals surface area contributed by atoms with Crippen molar-refractivity contribution in [1.82, 2.24) is 0 Å². The van der Waals surface area contributed by atoms with Crippen LogP contribution in [0.3, 0.4) is 0 Å². The molecule has 0 fully saturated rings. The summed E-state index contributed by atoms with van der Waals surface area (Å²) in [5.74, 6) is 0. The van der Waals surface area contributed by atoms with Crippen molar-refractivity contribution in [2.75, 3.05) is 0 Å². The fourth-order valence-electron chi connectivity index (χ4n) is 0. The van der Waals surface area contributed by atoms with Gasteiger partial charge < -0.3 is 63.2 Å². The summed E-state index contributed by atoms with van der Waals surface area (Å²) in [6.45, 7) is 0. The normalized spacial score (nSPS) is 4.00. The Morgan fingerprint density at radius 1 is 0.611 bits per heavy atom. The van der Waals surface area contributed by atoms with Crippen LogP contribution >= 0.6 is 0 Å². The van der Waals surface area contributed by atoms with Crippen LogP contribution in [0.4, 0.5) is 0 Å². The molecule has 0 unspecified atom stereocenters. The Morgan fingerprint density at radius 2 is 0.611 bits per heavy atom. The van der Waals surface area contributed by atoms with Gasteiger partial charge in [-0.15, -0.1) is 10.1 Å². The Hall–Kier alpha value is -1.02. The average Bonchev–Trinajstić information content (AvgIpc) is 1.54. The molecule has 1 radical (unpaired) electrons. The Kier molecular flexibility index (Phi) is 213. The first-order chi connectivity index (χ1) is 5.20. The van der Waals surface area contributed by atoms with Gasteiger partial charge in [-0.1, -0.05) is 0 Å². The van der Waals surface area contributed by atoms with Gasteiger partial charge in [0, 0.05) is 49.4 Å². The molecule has 0 heterocycles. The van der Waals surface area contributed by atoms with Crippen LogP contribution in [0, 0.1) is 90.1 Å². The number of nitrogens with zero attached hydrogens (tertiary/aromatic N) is 3. The second-order valence-corrected chi connectivity index (χ2v) is 0.685. The summed E-state index contributed by atoms with van der Waals surface area (Å²) in [7, 11) is 0. The molecule has 18 heavy (non-hydrogen) atoms. The fourth-order valence-corrected chi connectivity index (χ4v) is 0. The van der Waals surface area contributed by atoms with Crippen molar-refractivity contribution in [3.63, 3.8) is 0 Å². The minimum absolute atomic E-state index is 0. The van der Waals surface area contributed by atoms with E-state index in [2.05, 4.69) is 0 Å². The van der Waals surface area contributed by atoms with E-state index in [4.69, 9.17) is 46.0 Å². The predicted molar refractivity (Wildman–Crippen MR) is 47.6 cm³/mol. The van der Waals surface area contributed by atoms with E-state index >= 15 is 0 Å². The third-order valence-corrected chi connectivity index (χ3v) is 0. The van der Waals surface area contributed by atoms with Gasteiger partial charge in [0.15, 0.2) is 0 Å². The molecule has 0 atom stereocenters. The molecule has 17 nitrogen and oxygen atoms in total. The summed E-state index contributed by atoms with van der Waals surface area (Å²) in [6, 6.07) is 0. The van der Waals surface area contributed by atoms with Crippen LogP contribution < -0.4 is 0 Å². The molecule has 0 spiro atoms. The molecule has 11 N–H and O–H groups in total. The summed E-state index contributed by atoms with van der Waals surface area (Å²) in [6.07, 6.45) is 0. The Labute approximate surface area is 137 Å². The van der Waals surface area contributed by atoms with E-state index in [9.17, 15) is 0 Å². The van der Waals surface area contributed by atoms with Crippen molar-refractivity contribution in [3.05, 3.63) is 40.8 Å². The summed E-state index contributed by atoms with van der Waals surface area (Å²) >= 11 is 0. The smallest absolute Gasteiger partial charge is 0.291 e. The van der Waals surface area contributed by atoms with Gasteiger partial charge >= 0.3 is 0 Å². The van der Waals surface area contributed by atoms with Gasteiger partial charge in [0.1, 0.15) is 0 Å². The van der Waals surface area contributed by atoms with E-state index in [0.717, 1.165) is 0 Å². The Balaban J connectivity index is -0.00000000827. The van der Waals surface area contributed by atoms with Crippen LogP contribution in [0.15, 0.2) is 0 Å². The van der Waals surface area contributed by atoms with Crippen LogP contribution in [-0.4, -0.2) is 47.8 Å². The first-order valence-corrected chi connectivity index (χ1v) is 1.66. The minimum Gasteiger partial charge on any atom is -0.412 e. The van der Waals surface area contributed by atoms with E-state index < -0.39 is 15.3 Å². The molecule has 0 aliphatic rings. The fraction of sp³-hybridized carbons (Fsp3) is 0.